The maximum Gasteiger partial charge on any atom is 0.195 e. The quantitative estimate of drug-likeness (QED) is 0.533. The standard InChI is InChI=1S/C11H5Cl2IOS/c12-8-3-1-2-7(10(8)13)11(15)6-4-9(14)16-5-6/h1-5H. The van der Waals surface area contributed by atoms with E-state index in [9.17, 15) is 4.79 Å². The van der Waals surface area contributed by atoms with E-state index in [1.54, 1.807) is 18.2 Å². The van der Waals surface area contributed by atoms with Gasteiger partial charge in [-0.15, -0.1) is 11.3 Å². The molecule has 0 saturated heterocycles. The Balaban J connectivity index is 2.45. The second-order valence-electron chi connectivity index (χ2n) is 3.07. The predicted molar refractivity (Wildman–Crippen MR) is 76.9 cm³/mol. The molecule has 1 heterocycles. The number of thiophene rings is 1. The van der Waals surface area contributed by atoms with Gasteiger partial charge >= 0.3 is 0 Å². The van der Waals surface area contributed by atoms with Crippen LogP contribution in [0.15, 0.2) is 29.6 Å². The Kier molecular flexibility index (Phi) is 3.89. The second kappa shape index (κ2) is 5.04. The van der Waals surface area contributed by atoms with Gasteiger partial charge in [0.05, 0.1) is 12.9 Å². The van der Waals surface area contributed by atoms with Crippen LogP contribution in [0.4, 0.5) is 0 Å². The third-order valence-corrected chi connectivity index (χ3v) is 4.63. The van der Waals surface area contributed by atoms with Gasteiger partial charge in [0.15, 0.2) is 5.78 Å². The summed E-state index contributed by atoms with van der Waals surface area (Å²) in [5.41, 5.74) is 1.10. The number of hydrogen-bond donors (Lipinski definition) is 0. The van der Waals surface area contributed by atoms with E-state index in [-0.39, 0.29) is 5.78 Å². The van der Waals surface area contributed by atoms with Crippen LogP contribution in [-0.2, 0) is 0 Å². The number of benzene rings is 1. The molecule has 2 aromatic rings. The van der Waals surface area contributed by atoms with Crippen LogP contribution in [-0.4, -0.2) is 5.78 Å². The normalized spacial score (nSPS) is 10.4. The van der Waals surface area contributed by atoms with Crippen molar-refractivity contribution >= 4 is 62.9 Å². The van der Waals surface area contributed by atoms with Gasteiger partial charge in [0, 0.05) is 16.5 Å². The molecule has 1 aromatic heterocycles. The summed E-state index contributed by atoms with van der Waals surface area (Å²) in [6, 6.07) is 6.91. The summed E-state index contributed by atoms with van der Waals surface area (Å²) in [5, 5.41) is 2.54. The van der Waals surface area contributed by atoms with Crippen molar-refractivity contribution in [3.05, 3.63) is 53.7 Å². The summed E-state index contributed by atoms with van der Waals surface area (Å²) < 4.78 is 1.07. The lowest BCUT2D eigenvalue weighted by Gasteiger charge is -2.02. The highest BCUT2D eigenvalue weighted by Gasteiger charge is 2.15. The first kappa shape index (κ1) is 12.4. The molecule has 0 fully saturated rings. The number of carbonyl (C=O) groups is 1. The van der Waals surface area contributed by atoms with Gasteiger partial charge in [-0.25, -0.2) is 0 Å². The zero-order valence-corrected chi connectivity index (χ0v) is 12.3. The van der Waals surface area contributed by atoms with Gasteiger partial charge in [0.1, 0.15) is 0 Å². The number of carbonyl (C=O) groups excluding carboxylic acids is 1. The molecule has 1 aromatic carbocycles. The molecular weight excluding hydrogens is 378 g/mol. The number of rotatable bonds is 2. The zero-order chi connectivity index (χ0) is 11.7. The van der Waals surface area contributed by atoms with Crippen molar-refractivity contribution in [1.29, 1.82) is 0 Å². The molecule has 0 amide bonds. The summed E-state index contributed by atoms with van der Waals surface area (Å²) in [6.45, 7) is 0. The molecule has 0 bridgehead atoms. The molecule has 5 heteroatoms. The zero-order valence-electron chi connectivity index (χ0n) is 7.84. The van der Waals surface area contributed by atoms with Crippen molar-refractivity contribution in [2.75, 3.05) is 0 Å². The first-order valence-electron chi connectivity index (χ1n) is 4.32. The van der Waals surface area contributed by atoms with Gasteiger partial charge in [-0.05, 0) is 40.8 Å². The Morgan fingerprint density at radius 2 is 2.06 bits per heavy atom. The van der Waals surface area contributed by atoms with Crippen LogP contribution in [0.3, 0.4) is 0 Å². The van der Waals surface area contributed by atoms with Crippen LogP contribution in [0, 0.1) is 2.88 Å². The van der Waals surface area contributed by atoms with Gasteiger partial charge in [-0.1, -0.05) is 29.3 Å². The van der Waals surface area contributed by atoms with Crippen LogP contribution in [0.1, 0.15) is 15.9 Å². The fourth-order valence-corrected chi connectivity index (χ4v) is 2.98. The van der Waals surface area contributed by atoms with Crippen LogP contribution in [0.2, 0.25) is 10.0 Å². The summed E-state index contributed by atoms with van der Waals surface area (Å²) in [4.78, 5) is 12.1. The van der Waals surface area contributed by atoms with E-state index < -0.39 is 0 Å². The van der Waals surface area contributed by atoms with Crippen molar-refractivity contribution in [3.63, 3.8) is 0 Å². The number of hydrogen-bond acceptors (Lipinski definition) is 2. The molecule has 1 nitrogen and oxygen atoms in total. The summed E-state index contributed by atoms with van der Waals surface area (Å²) in [6.07, 6.45) is 0. The highest BCUT2D eigenvalue weighted by Crippen LogP contribution is 2.28. The van der Waals surface area contributed by atoms with Gasteiger partial charge in [-0.3, -0.25) is 4.79 Å². The van der Waals surface area contributed by atoms with E-state index in [1.165, 1.54) is 11.3 Å². The van der Waals surface area contributed by atoms with E-state index in [4.69, 9.17) is 23.2 Å². The number of ketones is 1. The van der Waals surface area contributed by atoms with E-state index >= 15 is 0 Å². The molecule has 16 heavy (non-hydrogen) atoms. The van der Waals surface area contributed by atoms with Gasteiger partial charge in [-0.2, -0.15) is 0 Å². The second-order valence-corrected chi connectivity index (χ2v) is 6.66. The average molecular weight is 383 g/mol. The fourth-order valence-electron chi connectivity index (χ4n) is 1.26. The Labute approximate surface area is 121 Å². The van der Waals surface area contributed by atoms with Crippen molar-refractivity contribution < 1.29 is 4.79 Å². The molecule has 82 valence electrons. The monoisotopic (exact) mass is 382 g/mol. The molecule has 0 aliphatic heterocycles. The lowest BCUT2D eigenvalue weighted by atomic mass is 10.1. The number of halogens is 3. The molecule has 0 spiro atoms. The van der Waals surface area contributed by atoms with Gasteiger partial charge in [0.25, 0.3) is 0 Å². The van der Waals surface area contributed by atoms with Gasteiger partial charge in [0.2, 0.25) is 0 Å². The summed E-state index contributed by atoms with van der Waals surface area (Å²) >= 11 is 15.6. The maximum atomic E-state index is 12.1. The lowest BCUT2D eigenvalue weighted by molar-refractivity contribution is 0.103. The Morgan fingerprint density at radius 3 is 2.69 bits per heavy atom. The largest absolute Gasteiger partial charge is 0.289 e. The third-order valence-electron chi connectivity index (χ3n) is 2.03. The predicted octanol–water partition coefficient (Wildman–Crippen LogP) is 4.89. The summed E-state index contributed by atoms with van der Waals surface area (Å²) in [5.74, 6) is -0.0910. The van der Waals surface area contributed by atoms with E-state index in [2.05, 4.69) is 22.6 Å². The van der Waals surface area contributed by atoms with E-state index in [1.807, 2.05) is 11.4 Å². The minimum absolute atomic E-state index is 0.0910. The molecule has 0 saturated carbocycles. The van der Waals surface area contributed by atoms with Crippen molar-refractivity contribution in [2.24, 2.45) is 0 Å². The molecule has 0 atom stereocenters. The van der Waals surface area contributed by atoms with E-state index in [0.717, 1.165) is 2.88 Å². The molecule has 0 N–H and O–H groups in total. The van der Waals surface area contributed by atoms with E-state index in [0.29, 0.717) is 21.2 Å². The fraction of sp³-hybridized carbons (Fsp3) is 0. The van der Waals surface area contributed by atoms with Gasteiger partial charge < -0.3 is 0 Å². The Bertz CT molecular complexity index is 551. The third kappa shape index (κ3) is 2.42. The average Bonchev–Trinajstić information content (AvgIpc) is 2.68. The SMILES string of the molecule is O=C(c1csc(I)c1)c1cccc(Cl)c1Cl. The smallest absolute Gasteiger partial charge is 0.195 e. The molecule has 0 aliphatic carbocycles. The van der Waals surface area contributed by atoms with Crippen LogP contribution in [0.5, 0.6) is 0 Å². The Morgan fingerprint density at radius 1 is 1.31 bits per heavy atom. The van der Waals surface area contributed by atoms with Crippen LogP contribution in [0.25, 0.3) is 0 Å². The molecular formula is C11H5Cl2IOS. The highest BCUT2D eigenvalue weighted by molar-refractivity contribution is 14.1. The first-order chi connectivity index (χ1) is 7.59. The molecule has 0 aliphatic rings. The Hall–Kier alpha value is -0.100. The first-order valence-corrected chi connectivity index (χ1v) is 7.04. The minimum Gasteiger partial charge on any atom is -0.289 e. The maximum absolute atomic E-state index is 12.1. The molecule has 0 radical (unpaired) electrons. The van der Waals surface area contributed by atoms with Crippen LogP contribution < -0.4 is 0 Å². The van der Waals surface area contributed by atoms with Crippen molar-refractivity contribution in [2.45, 2.75) is 0 Å². The topological polar surface area (TPSA) is 17.1 Å². The summed E-state index contributed by atoms with van der Waals surface area (Å²) in [7, 11) is 0. The minimum atomic E-state index is -0.0910. The van der Waals surface area contributed by atoms with Crippen molar-refractivity contribution in [3.8, 4) is 0 Å². The highest BCUT2D eigenvalue weighted by atomic mass is 127. The molecule has 0 unspecified atom stereocenters. The van der Waals surface area contributed by atoms with Crippen LogP contribution >= 0.6 is 57.1 Å². The van der Waals surface area contributed by atoms with Crippen molar-refractivity contribution in [1.82, 2.24) is 0 Å². The lowest BCUT2D eigenvalue weighted by Crippen LogP contribution is -2.00. The molecule has 2 rings (SSSR count).